The number of thiazole rings is 1. The van der Waals surface area contributed by atoms with Gasteiger partial charge in [-0.3, -0.25) is 0 Å². The van der Waals surface area contributed by atoms with Crippen LogP contribution in [0.4, 0.5) is 17.6 Å². The van der Waals surface area contributed by atoms with E-state index in [1.807, 2.05) is 5.38 Å². The summed E-state index contributed by atoms with van der Waals surface area (Å²) in [7, 11) is 0. The fraction of sp³-hybridized carbons (Fsp3) is 0.259. The summed E-state index contributed by atoms with van der Waals surface area (Å²) in [5.74, 6) is -0.323. The molecular weight excluding hydrogens is 536 g/mol. The fourth-order valence-corrected chi connectivity index (χ4v) is 7.02. The number of hydrogen-bond donors (Lipinski definition) is 1. The minimum atomic E-state index is -4.38. The van der Waals surface area contributed by atoms with E-state index in [0.29, 0.717) is 35.8 Å². The van der Waals surface area contributed by atoms with Gasteiger partial charge < -0.3 is 5.11 Å². The number of halogens is 4. The average Bonchev–Trinajstić information content (AvgIpc) is 3.57. The van der Waals surface area contributed by atoms with Gasteiger partial charge in [-0.25, -0.2) is 18.4 Å². The summed E-state index contributed by atoms with van der Waals surface area (Å²) in [5, 5.41) is 18.7. The zero-order chi connectivity index (χ0) is 26.5. The molecule has 0 bridgehead atoms. The van der Waals surface area contributed by atoms with E-state index in [1.165, 1.54) is 47.6 Å². The number of alkyl halides is 3. The molecule has 11 heteroatoms. The average molecular weight is 559 g/mol. The third kappa shape index (κ3) is 4.57. The molecule has 6 rings (SSSR count). The first-order chi connectivity index (χ1) is 18.2. The first kappa shape index (κ1) is 25.3. The number of piperidine rings is 1. The first-order valence-electron chi connectivity index (χ1n) is 11.9. The Morgan fingerprint density at radius 1 is 1.08 bits per heavy atom. The molecule has 5 nitrogen and oxygen atoms in total. The number of benzene rings is 2. The Labute approximate surface area is 224 Å². The summed E-state index contributed by atoms with van der Waals surface area (Å²) in [6, 6.07) is 11.3. The van der Waals surface area contributed by atoms with Gasteiger partial charge >= 0.3 is 6.18 Å². The summed E-state index contributed by atoms with van der Waals surface area (Å²) in [5.41, 5.74) is 2.30. The summed E-state index contributed by atoms with van der Waals surface area (Å²) < 4.78 is 56.4. The number of fused-ring (bicyclic) bond motifs is 2. The number of aliphatic hydroxyl groups is 1. The van der Waals surface area contributed by atoms with Gasteiger partial charge in [-0.05, 0) is 85.0 Å². The van der Waals surface area contributed by atoms with Crippen molar-refractivity contribution in [3.8, 4) is 5.69 Å². The van der Waals surface area contributed by atoms with Crippen LogP contribution in [0.5, 0.6) is 0 Å². The van der Waals surface area contributed by atoms with Gasteiger partial charge in [0.2, 0.25) is 0 Å². The van der Waals surface area contributed by atoms with Gasteiger partial charge in [0.15, 0.2) is 0 Å². The monoisotopic (exact) mass is 558 g/mol. The molecule has 2 atom stereocenters. The molecule has 1 fully saturated rings. The summed E-state index contributed by atoms with van der Waals surface area (Å²) in [6.45, 7) is 1.14. The van der Waals surface area contributed by atoms with Crippen LogP contribution in [-0.4, -0.2) is 37.3 Å². The molecule has 0 saturated carbocycles. The largest absolute Gasteiger partial charge is 0.416 e. The van der Waals surface area contributed by atoms with Crippen LogP contribution in [0.2, 0.25) is 0 Å². The summed E-state index contributed by atoms with van der Waals surface area (Å²) in [4.78, 5) is 5.09. The van der Waals surface area contributed by atoms with Crippen LogP contribution < -0.4 is 0 Å². The molecule has 2 aromatic heterocycles. The third-order valence-electron chi connectivity index (χ3n) is 7.13. The zero-order valence-corrected chi connectivity index (χ0v) is 21.5. The highest BCUT2D eigenvalue weighted by atomic mass is 32.2. The van der Waals surface area contributed by atoms with Crippen LogP contribution in [0.15, 0.2) is 76.8 Å². The van der Waals surface area contributed by atoms with Crippen LogP contribution in [0, 0.1) is 11.2 Å². The van der Waals surface area contributed by atoms with Crippen molar-refractivity contribution in [2.45, 2.75) is 30.0 Å². The van der Waals surface area contributed by atoms with Gasteiger partial charge in [-0.2, -0.15) is 18.3 Å². The Bertz CT molecular complexity index is 1470. The molecule has 38 heavy (non-hydrogen) atoms. The molecule has 4 aromatic rings. The van der Waals surface area contributed by atoms with Crippen LogP contribution in [0.3, 0.4) is 0 Å². The Morgan fingerprint density at radius 2 is 1.84 bits per heavy atom. The van der Waals surface area contributed by atoms with Crippen molar-refractivity contribution in [3.05, 3.63) is 99.5 Å². The highest BCUT2D eigenvalue weighted by Gasteiger charge is 2.49. The molecule has 2 aromatic carbocycles. The lowest BCUT2D eigenvalue weighted by atomic mass is 9.65. The molecule has 196 valence electrons. The molecular formula is C27H22F4N4OS2. The van der Waals surface area contributed by atoms with E-state index in [9.17, 15) is 22.7 Å². The highest BCUT2D eigenvalue weighted by Crippen LogP contribution is 2.53. The van der Waals surface area contributed by atoms with Gasteiger partial charge in [0.1, 0.15) is 16.9 Å². The van der Waals surface area contributed by atoms with Gasteiger partial charge in [0.05, 0.1) is 23.1 Å². The van der Waals surface area contributed by atoms with Gasteiger partial charge in [0, 0.05) is 35.0 Å². The molecule has 1 aliphatic carbocycles. The smallest absolute Gasteiger partial charge is 0.385 e. The van der Waals surface area contributed by atoms with E-state index in [-0.39, 0.29) is 5.82 Å². The Hall–Kier alpha value is -2.99. The molecule has 1 saturated heterocycles. The number of aromatic nitrogens is 3. The Kier molecular flexibility index (Phi) is 6.42. The number of hydrogen-bond acceptors (Lipinski definition) is 6. The third-order valence-corrected chi connectivity index (χ3v) is 9.01. The maximum Gasteiger partial charge on any atom is 0.416 e. The number of aliphatic hydroxyl groups excluding tert-OH is 1. The maximum absolute atomic E-state index is 13.5. The standard InChI is InChI=1S/C27H22F4N4OS2/c28-20-3-5-21(6-4-20)35-23-13-19-9-11-34(38-22-7-1-18(2-8-22)27(29,30)31)16-26(19,14-17(23)15-33-35)24(36)25-32-10-12-37-25/h1-8,10,12-13,15,24,36H,9,11,14,16H2. The highest BCUT2D eigenvalue weighted by molar-refractivity contribution is 7.97. The quantitative estimate of drug-likeness (QED) is 0.222. The van der Waals surface area contributed by atoms with Crippen molar-refractivity contribution >= 4 is 29.4 Å². The van der Waals surface area contributed by atoms with Crippen molar-refractivity contribution in [3.63, 3.8) is 0 Å². The van der Waals surface area contributed by atoms with Crippen LogP contribution >= 0.6 is 23.3 Å². The molecule has 1 aliphatic heterocycles. The predicted molar refractivity (Wildman–Crippen MR) is 138 cm³/mol. The minimum Gasteiger partial charge on any atom is -0.385 e. The predicted octanol–water partition coefficient (Wildman–Crippen LogP) is 6.56. The second-order valence-electron chi connectivity index (χ2n) is 9.45. The lowest BCUT2D eigenvalue weighted by Crippen LogP contribution is -2.48. The van der Waals surface area contributed by atoms with Gasteiger partial charge in [0.25, 0.3) is 0 Å². The molecule has 0 radical (unpaired) electrons. The normalized spacial score (nSPS) is 20.5. The number of nitrogens with zero attached hydrogens (tertiary/aromatic N) is 4. The van der Waals surface area contributed by atoms with Crippen molar-refractivity contribution in [2.75, 3.05) is 13.1 Å². The topological polar surface area (TPSA) is 54.2 Å². The van der Waals surface area contributed by atoms with E-state index < -0.39 is 23.3 Å². The lowest BCUT2D eigenvalue weighted by molar-refractivity contribution is -0.137. The van der Waals surface area contributed by atoms with E-state index in [1.54, 1.807) is 29.2 Å². The van der Waals surface area contributed by atoms with Gasteiger partial charge in [-0.1, -0.05) is 5.57 Å². The molecule has 1 N–H and O–H groups in total. The van der Waals surface area contributed by atoms with Crippen LogP contribution in [0.1, 0.15) is 34.4 Å². The van der Waals surface area contributed by atoms with Crippen molar-refractivity contribution < 1.29 is 22.7 Å². The summed E-state index contributed by atoms with van der Waals surface area (Å²) in [6.07, 6.45) is 1.45. The molecule has 2 unspecified atom stereocenters. The van der Waals surface area contributed by atoms with E-state index >= 15 is 0 Å². The second kappa shape index (κ2) is 9.64. The molecule has 0 amide bonds. The summed E-state index contributed by atoms with van der Waals surface area (Å²) >= 11 is 2.78. The second-order valence-corrected chi connectivity index (χ2v) is 11.5. The van der Waals surface area contributed by atoms with Crippen molar-refractivity contribution in [1.82, 2.24) is 19.1 Å². The molecule has 2 aliphatic rings. The van der Waals surface area contributed by atoms with Crippen LogP contribution in [-0.2, 0) is 12.6 Å². The lowest BCUT2D eigenvalue weighted by Gasteiger charge is -2.48. The Balaban J connectivity index is 1.33. The first-order valence-corrected chi connectivity index (χ1v) is 13.6. The molecule has 3 heterocycles. The van der Waals surface area contributed by atoms with Gasteiger partial charge in [-0.15, -0.1) is 11.3 Å². The van der Waals surface area contributed by atoms with Crippen molar-refractivity contribution in [2.24, 2.45) is 5.41 Å². The van der Waals surface area contributed by atoms with E-state index in [4.69, 9.17) is 0 Å². The fourth-order valence-electron chi connectivity index (χ4n) is 5.25. The van der Waals surface area contributed by atoms with Crippen LogP contribution in [0.25, 0.3) is 11.8 Å². The SMILES string of the molecule is OC(c1nccs1)C12Cc3cnn(-c4ccc(F)cc4)c3C=C1CCN(Sc1ccc(C(F)(F)F)cc1)C2. The maximum atomic E-state index is 13.5. The Morgan fingerprint density at radius 3 is 2.53 bits per heavy atom. The van der Waals surface area contributed by atoms with E-state index in [0.717, 1.165) is 34.7 Å². The van der Waals surface area contributed by atoms with E-state index in [2.05, 4.69) is 20.5 Å². The molecule has 0 spiro atoms. The number of rotatable bonds is 5. The zero-order valence-electron chi connectivity index (χ0n) is 19.9. The minimum absolute atomic E-state index is 0.323. The van der Waals surface area contributed by atoms with Crippen molar-refractivity contribution in [1.29, 1.82) is 0 Å².